The summed E-state index contributed by atoms with van der Waals surface area (Å²) in [6.07, 6.45) is 6.86. The van der Waals surface area contributed by atoms with Crippen LogP contribution in [0.5, 0.6) is 0 Å². The largest absolute Gasteiger partial charge is 0.444 e. The van der Waals surface area contributed by atoms with E-state index in [0.29, 0.717) is 25.8 Å². The van der Waals surface area contributed by atoms with Gasteiger partial charge in [-0.3, -0.25) is 24.2 Å². The average molecular weight is 750 g/mol. The topological polar surface area (TPSA) is 205 Å². The molecule has 1 saturated heterocycles. The number of nitrogens with one attached hydrogen (secondary N) is 4. The smallest absolute Gasteiger partial charge is 0.408 e. The lowest BCUT2D eigenvalue weighted by Crippen LogP contribution is -2.59. The monoisotopic (exact) mass is 749 g/mol. The number of alkyl carbamates (subject to hydrolysis) is 1. The Morgan fingerprint density at radius 3 is 2.26 bits per heavy atom. The summed E-state index contributed by atoms with van der Waals surface area (Å²) in [7, 11) is 0. The molecule has 5 atom stereocenters. The Morgan fingerprint density at radius 2 is 1.63 bits per heavy atom. The van der Waals surface area contributed by atoms with Crippen molar-refractivity contribution in [3.8, 4) is 0 Å². The van der Waals surface area contributed by atoms with Crippen LogP contribution in [-0.4, -0.2) is 100 Å². The Bertz CT molecular complexity index is 1510. The molecule has 2 aliphatic rings. The van der Waals surface area contributed by atoms with Gasteiger partial charge in [-0.2, -0.15) is 0 Å². The van der Waals surface area contributed by atoms with E-state index in [2.05, 4.69) is 26.3 Å². The summed E-state index contributed by atoms with van der Waals surface area (Å²) in [5.74, 6) is -2.14. The standard InChI is InChI=1S/C40H59N7O7/c1-40(2,3)54-39(53)46-32(24-28-15-8-5-9-16-28)36(50)45-33(25-35(41)49)37(51)44-31(23-27-13-6-4-7-14-27)34(48)26-47(38(52)30-18-12-21-43-30)22-19-29-17-10-11-20-42-29/h5,8-11,15-17,20,27,30-34,43,48H,4,6-7,12-14,18-19,21-26H2,1-3H3,(H2,41,49)(H,44,51)(H,45,50)(H,46,53)/t30-,31?,32-,33-,34?/m0/s1. The van der Waals surface area contributed by atoms with E-state index in [-0.39, 0.29) is 30.8 Å². The minimum Gasteiger partial charge on any atom is -0.444 e. The molecule has 1 aromatic heterocycles. The molecule has 296 valence electrons. The molecule has 5 amide bonds. The van der Waals surface area contributed by atoms with Gasteiger partial charge in [0.15, 0.2) is 0 Å². The van der Waals surface area contributed by atoms with E-state index in [0.717, 1.165) is 56.3 Å². The van der Waals surface area contributed by atoms with Crippen molar-refractivity contribution >= 4 is 29.7 Å². The SMILES string of the molecule is CC(C)(C)OC(=O)N[C@@H](Cc1ccccc1)C(=O)N[C@@H](CC(N)=O)C(=O)NC(CC1CCCCC1)C(O)CN(CCc1ccccn1)C(=O)[C@@H]1CCCN1. The first-order valence-electron chi connectivity index (χ1n) is 19.3. The molecule has 0 radical (unpaired) electrons. The minimum absolute atomic E-state index is 0.0344. The number of ether oxygens (including phenoxy) is 1. The van der Waals surface area contributed by atoms with Crippen molar-refractivity contribution < 1.29 is 33.8 Å². The number of aromatic nitrogens is 1. The first-order chi connectivity index (χ1) is 25.8. The van der Waals surface area contributed by atoms with Crippen LogP contribution >= 0.6 is 0 Å². The number of nitrogens with two attached hydrogens (primary N) is 1. The fourth-order valence-electron chi connectivity index (χ4n) is 7.12. The Balaban J connectivity index is 1.53. The van der Waals surface area contributed by atoms with Crippen LogP contribution < -0.4 is 27.0 Å². The molecular weight excluding hydrogens is 690 g/mol. The van der Waals surface area contributed by atoms with E-state index in [1.807, 2.05) is 24.3 Å². The summed E-state index contributed by atoms with van der Waals surface area (Å²) in [5.41, 5.74) is 6.30. The Labute approximate surface area is 318 Å². The maximum absolute atomic E-state index is 14.0. The van der Waals surface area contributed by atoms with Gasteiger partial charge in [-0.15, -0.1) is 0 Å². The molecule has 7 N–H and O–H groups in total. The first kappa shape index (κ1) is 42.2. The van der Waals surface area contributed by atoms with Crippen LogP contribution in [0.1, 0.15) is 89.8 Å². The van der Waals surface area contributed by atoms with E-state index in [4.69, 9.17) is 10.5 Å². The summed E-state index contributed by atoms with van der Waals surface area (Å²) in [4.78, 5) is 72.7. The maximum atomic E-state index is 14.0. The van der Waals surface area contributed by atoms with Crippen molar-refractivity contribution in [2.45, 2.75) is 127 Å². The normalized spacial score (nSPS) is 18.4. The van der Waals surface area contributed by atoms with Gasteiger partial charge in [0.1, 0.15) is 17.7 Å². The number of carbonyl (C=O) groups excluding carboxylic acids is 5. The fraction of sp³-hybridized carbons (Fsp3) is 0.600. The molecule has 1 saturated carbocycles. The number of amides is 5. The number of aliphatic hydroxyl groups excluding tert-OH is 1. The number of benzene rings is 1. The third-order valence-electron chi connectivity index (χ3n) is 9.87. The van der Waals surface area contributed by atoms with Crippen LogP contribution in [0.3, 0.4) is 0 Å². The molecule has 0 bridgehead atoms. The van der Waals surface area contributed by atoms with Crippen molar-refractivity contribution in [2.75, 3.05) is 19.6 Å². The second kappa shape index (κ2) is 20.8. The van der Waals surface area contributed by atoms with Crippen LogP contribution in [0.15, 0.2) is 54.7 Å². The van der Waals surface area contributed by atoms with E-state index >= 15 is 0 Å². The van der Waals surface area contributed by atoms with Crippen LogP contribution in [0, 0.1) is 5.92 Å². The van der Waals surface area contributed by atoms with E-state index in [1.54, 1.807) is 56.1 Å². The van der Waals surface area contributed by atoms with Crippen molar-refractivity contribution in [1.29, 1.82) is 0 Å². The molecule has 1 aliphatic carbocycles. The highest BCUT2D eigenvalue weighted by molar-refractivity contribution is 5.94. The lowest BCUT2D eigenvalue weighted by molar-refractivity contribution is -0.136. The van der Waals surface area contributed by atoms with Gasteiger partial charge in [-0.1, -0.05) is 68.5 Å². The molecule has 2 unspecified atom stereocenters. The third kappa shape index (κ3) is 14.3. The lowest BCUT2D eigenvalue weighted by atomic mass is 9.83. The molecule has 14 heteroatoms. The zero-order valence-electron chi connectivity index (χ0n) is 31.9. The van der Waals surface area contributed by atoms with E-state index < -0.39 is 60.1 Å². The van der Waals surface area contributed by atoms with Gasteiger partial charge in [0.05, 0.1) is 24.6 Å². The number of aliphatic hydroxyl groups is 1. The van der Waals surface area contributed by atoms with Crippen LogP contribution in [0.4, 0.5) is 4.79 Å². The molecule has 2 aromatic rings. The molecule has 4 rings (SSSR count). The van der Waals surface area contributed by atoms with Gasteiger partial charge in [0.2, 0.25) is 23.6 Å². The highest BCUT2D eigenvalue weighted by atomic mass is 16.6. The minimum atomic E-state index is -1.40. The Hall–Kier alpha value is -4.56. The molecular formula is C40H59N7O7. The van der Waals surface area contributed by atoms with Crippen molar-refractivity contribution in [1.82, 2.24) is 31.2 Å². The molecule has 14 nitrogen and oxygen atoms in total. The van der Waals surface area contributed by atoms with Crippen molar-refractivity contribution in [3.05, 3.63) is 66.0 Å². The van der Waals surface area contributed by atoms with E-state index in [1.165, 1.54) is 0 Å². The summed E-state index contributed by atoms with van der Waals surface area (Å²) >= 11 is 0. The van der Waals surface area contributed by atoms with Gasteiger partial charge in [-0.25, -0.2) is 4.79 Å². The summed E-state index contributed by atoms with van der Waals surface area (Å²) in [6, 6.07) is 10.9. The van der Waals surface area contributed by atoms with Crippen LogP contribution in [-0.2, 0) is 36.8 Å². The second-order valence-electron chi connectivity index (χ2n) is 15.5. The van der Waals surface area contributed by atoms with Crippen molar-refractivity contribution in [3.63, 3.8) is 0 Å². The molecule has 54 heavy (non-hydrogen) atoms. The van der Waals surface area contributed by atoms with E-state index in [9.17, 15) is 29.1 Å². The number of rotatable bonds is 18. The summed E-state index contributed by atoms with van der Waals surface area (Å²) in [6.45, 7) is 6.12. The molecule has 1 aromatic carbocycles. The summed E-state index contributed by atoms with van der Waals surface area (Å²) < 4.78 is 5.40. The van der Waals surface area contributed by atoms with Gasteiger partial charge >= 0.3 is 6.09 Å². The van der Waals surface area contributed by atoms with Crippen LogP contribution in [0.2, 0.25) is 0 Å². The molecule has 2 fully saturated rings. The summed E-state index contributed by atoms with van der Waals surface area (Å²) in [5, 5.41) is 23.3. The van der Waals surface area contributed by atoms with Crippen molar-refractivity contribution in [2.24, 2.45) is 11.7 Å². The third-order valence-corrected chi connectivity index (χ3v) is 9.87. The zero-order chi connectivity index (χ0) is 39.1. The Kier molecular flexibility index (Phi) is 16.2. The zero-order valence-corrected chi connectivity index (χ0v) is 31.9. The Morgan fingerprint density at radius 1 is 0.926 bits per heavy atom. The number of primary amides is 1. The van der Waals surface area contributed by atoms with Gasteiger partial charge < -0.3 is 41.7 Å². The van der Waals surface area contributed by atoms with Gasteiger partial charge in [0.25, 0.3) is 0 Å². The molecule has 2 heterocycles. The first-order valence-corrected chi connectivity index (χ1v) is 19.3. The van der Waals surface area contributed by atoms with Crippen LogP contribution in [0.25, 0.3) is 0 Å². The number of pyridine rings is 1. The maximum Gasteiger partial charge on any atom is 0.408 e. The molecule has 0 spiro atoms. The number of hydrogen-bond donors (Lipinski definition) is 6. The lowest BCUT2D eigenvalue weighted by Gasteiger charge is -2.34. The highest BCUT2D eigenvalue weighted by Gasteiger charge is 2.35. The van der Waals surface area contributed by atoms with Gasteiger partial charge in [0, 0.05) is 37.8 Å². The second-order valence-corrected chi connectivity index (χ2v) is 15.5. The highest BCUT2D eigenvalue weighted by Crippen LogP contribution is 2.28. The fourth-order valence-corrected chi connectivity index (χ4v) is 7.12. The average Bonchev–Trinajstić information content (AvgIpc) is 3.68. The predicted molar refractivity (Wildman–Crippen MR) is 204 cm³/mol. The number of carbonyl (C=O) groups is 5. The quantitative estimate of drug-likeness (QED) is 0.132. The van der Waals surface area contributed by atoms with Gasteiger partial charge in [-0.05, 0) is 70.2 Å². The predicted octanol–water partition coefficient (Wildman–Crippen LogP) is 2.52. The number of nitrogens with zero attached hydrogens (tertiary/aromatic N) is 2. The number of hydrogen-bond acceptors (Lipinski definition) is 9. The molecule has 1 aliphatic heterocycles.